The van der Waals surface area contributed by atoms with E-state index in [1.165, 1.54) is 16.3 Å². The van der Waals surface area contributed by atoms with Gasteiger partial charge in [0.05, 0.1) is 29.0 Å². The summed E-state index contributed by atoms with van der Waals surface area (Å²) in [6.07, 6.45) is 0.515. The van der Waals surface area contributed by atoms with E-state index in [2.05, 4.69) is 4.72 Å². The van der Waals surface area contributed by atoms with Crippen molar-refractivity contribution in [2.45, 2.75) is 26.3 Å². The van der Waals surface area contributed by atoms with Crippen LogP contribution in [0, 0.1) is 0 Å². The van der Waals surface area contributed by atoms with Gasteiger partial charge in [-0.1, -0.05) is 36.4 Å². The first-order valence-electron chi connectivity index (χ1n) is 10.7. The van der Waals surface area contributed by atoms with Gasteiger partial charge in [-0.15, -0.1) is 11.3 Å². The van der Waals surface area contributed by atoms with Gasteiger partial charge >= 0.3 is 0 Å². The zero-order chi connectivity index (χ0) is 23.4. The molecule has 1 aromatic heterocycles. The Morgan fingerprint density at radius 2 is 1.88 bits per heavy atom. The molecule has 2 heterocycles. The molecule has 7 nitrogen and oxygen atoms in total. The first-order chi connectivity index (χ1) is 15.9. The van der Waals surface area contributed by atoms with Crippen molar-refractivity contribution >= 4 is 38.7 Å². The number of carbonyl (C=O) groups excluding carboxylic acids is 1. The molecule has 1 amide bonds. The average Bonchev–Trinajstić information content (AvgIpc) is 3.50. The average molecular weight is 484 g/mol. The smallest absolute Gasteiger partial charge is 0.284 e. The first kappa shape index (κ1) is 23.0. The number of rotatable bonds is 8. The molecule has 0 saturated carbocycles. The SMILES string of the molecule is CCOc1ccccc1C1CC(c2ccc(NS(=O)(=O)CC)cc2)=NN1C(=O)c1cccs1. The van der Waals surface area contributed by atoms with Crippen LogP contribution in [0.1, 0.15) is 47.1 Å². The van der Waals surface area contributed by atoms with Crippen LogP contribution in [0.3, 0.4) is 0 Å². The van der Waals surface area contributed by atoms with E-state index in [-0.39, 0.29) is 17.7 Å². The third-order valence-electron chi connectivity index (χ3n) is 5.30. The number of hydrogen-bond donors (Lipinski definition) is 1. The summed E-state index contributed by atoms with van der Waals surface area (Å²) in [4.78, 5) is 13.9. The summed E-state index contributed by atoms with van der Waals surface area (Å²) in [5.41, 5.74) is 2.97. The maximum atomic E-state index is 13.3. The predicted molar refractivity (Wildman–Crippen MR) is 132 cm³/mol. The van der Waals surface area contributed by atoms with E-state index in [9.17, 15) is 13.2 Å². The number of amides is 1. The minimum absolute atomic E-state index is 0.00215. The minimum Gasteiger partial charge on any atom is -0.494 e. The molecular weight excluding hydrogens is 458 g/mol. The fraction of sp³-hybridized carbons (Fsp3) is 0.250. The maximum absolute atomic E-state index is 13.3. The molecule has 1 aliphatic rings. The van der Waals surface area contributed by atoms with Crippen molar-refractivity contribution in [2.75, 3.05) is 17.1 Å². The molecule has 0 aliphatic carbocycles. The number of ether oxygens (including phenoxy) is 1. The molecule has 1 N–H and O–H groups in total. The molecule has 172 valence electrons. The second kappa shape index (κ2) is 9.76. The van der Waals surface area contributed by atoms with Gasteiger partial charge < -0.3 is 4.74 Å². The van der Waals surface area contributed by atoms with Crippen LogP contribution in [0.15, 0.2) is 71.1 Å². The van der Waals surface area contributed by atoms with Gasteiger partial charge in [0.2, 0.25) is 10.0 Å². The van der Waals surface area contributed by atoms with Crippen molar-refractivity contribution in [2.24, 2.45) is 5.10 Å². The number of anilines is 1. The number of thiophene rings is 1. The lowest BCUT2D eigenvalue weighted by molar-refractivity contribution is 0.0714. The molecule has 0 fully saturated rings. The third kappa shape index (κ3) is 5.09. The van der Waals surface area contributed by atoms with E-state index in [0.29, 0.717) is 23.6 Å². The van der Waals surface area contributed by atoms with Crippen LogP contribution in [-0.4, -0.2) is 37.4 Å². The van der Waals surface area contributed by atoms with Crippen LogP contribution in [0.25, 0.3) is 0 Å². The summed E-state index contributed by atoms with van der Waals surface area (Å²) in [5.74, 6) is 0.570. The molecule has 1 atom stereocenters. The van der Waals surface area contributed by atoms with Crippen molar-refractivity contribution in [1.29, 1.82) is 0 Å². The Labute approximate surface area is 197 Å². The van der Waals surface area contributed by atoms with Crippen molar-refractivity contribution in [3.63, 3.8) is 0 Å². The highest BCUT2D eigenvalue weighted by Gasteiger charge is 2.35. The largest absolute Gasteiger partial charge is 0.494 e. The van der Waals surface area contributed by atoms with Gasteiger partial charge in [0.25, 0.3) is 5.91 Å². The molecule has 0 bridgehead atoms. The molecule has 3 aromatic rings. The summed E-state index contributed by atoms with van der Waals surface area (Å²) in [5, 5.41) is 8.11. The van der Waals surface area contributed by atoms with E-state index in [1.54, 1.807) is 25.1 Å². The van der Waals surface area contributed by atoms with Crippen LogP contribution in [0.5, 0.6) is 5.75 Å². The van der Waals surface area contributed by atoms with Gasteiger partial charge in [-0.3, -0.25) is 9.52 Å². The van der Waals surface area contributed by atoms with Crippen molar-refractivity contribution in [1.82, 2.24) is 5.01 Å². The van der Waals surface area contributed by atoms with Gasteiger partial charge in [0.15, 0.2) is 0 Å². The number of hydrazone groups is 1. The van der Waals surface area contributed by atoms with Gasteiger partial charge in [-0.05, 0) is 49.1 Å². The van der Waals surface area contributed by atoms with E-state index in [1.807, 2.05) is 54.8 Å². The molecule has 4 rings (SSSR count). The molecule has 0 spiro atoms. The Bertz CT molecular complexity index is 1250. The van der Waals surface area contributed by atoms with Gasteiger partial charge in [-0.25, -0.2) is 13.4 Å². The fourth-order valence-corrected chi connectivity index (χ4v) is 4.95. The third-order valence-corrected chi connectivity index (χ3v) is 7.46. The van der Waals surface area contributed by atoms with Gasteiger partial charge in [0, 0.05) is 17.7 Å². The number of hydrogen-bond acceptors (Lipinski definition) is 6. The lowest BCUT2D eigenvalue weighted by Gasteiger charge is -2.23. The fourth-order valence-electron chi connectivity index (χ4n) is 3.65. The van der Waals surface area contributed by atoms with Crippen molar-refractivity contribution < 1.29 is 17.9 Å². The minimum atomic E-state index is -3.35. The Balaban J connectivity index is 1.67. The summed E-state index contributed by atoms with van der Waals surface area (Å²) < 4.78 is 32.0. The highest BCUT2D eigenvalue weighted by molar-refractivity contribution is 7.92. The summed E-state index contributed by atoms with van der Waals surface area (Å²) >= 11 is 1.38. The molecule has 0 radical (unpaired) electrons. The van der Waals surface area contributed by atoms with E-state index >= 15 is 0 Å². The Kier molecular flexibility index (Phi) is 6.80. The number of sulfonamides is 1. The van der Waals surface area contributed by atoms with E-state index in [4.69, 9.17) is 9.84 Å². The second-order valence-electron chi connectivity index (χ2n) is 7.45. The van der Waals surface area contributed by atoms with E-state index in [0.717, 1.165) is 22.6 Å². The quantitative estimate of drug-likeness (QED) is 0.494. The van der Waals surface area contributed by atoms with Crippen molar-refractivity contribution in [3.05, 3.63) is 82.0 Å². The summed E-state index contributed by atoms with van der Waals surface area (Å²) in [6.45, 7) is 4.03. The Morgan fingerprint density at radius 1 is 1.12 bits per heavy atom. The lowest BCUT2D eigenvalue weighted by atomic mass is 9.97. The summed E-state index contributed by atoms with van der Waals surface area (Å²) in [6, 6.07) is 18.1. The normalized spacial score (nSPS) is 15.9. The molecule has 2 aromatic carbocycles. The summed E-state index contributed by atoms with van der Waals surface area (Å²) in [7, 11) is -3.35. The highest BCUT2D eigenvalue weighted by Crippen LogP contribution is 2.38. The number of carbonyl (C=O) groups is 1. The highest BCUT2D eigenvalue weighted by atomic mass is 32.2. The van der Waals surface area contributed by atoms with Gasteiger partial charge in [0.1, 0.15) is 5.75 Å². The first-order valence-corrected chi connectivity index (χ1v) is 13.2. The Morgan fingerprint density at radius 3 is 2.55 bits per heavy atom. The maximum Gasteiger partial charge on any atom is 0.284 e. The van der Waals surface area contributed by atoms with Crippen LogP contribution in [-0.2, 0) is 10.0 Å². The molecular formula is C24H25N3O4S2. The molecule has 0 saturated heterocycles. The van der Waals surface area contributed by atoms with Crippen LogP contribution in [0.4, 0.5) is 5.69 Å². The standard InChI is InChI=1S/C24H25N3O4S2/c1-3-31-22-9-6-5-8-19(22)21-16-20(25-27(21)24(28)23-10-7-15-32-23)17-11-13-18(14-12-17)26-33(29,30)4-2/h5-15,21,26H,3-4,16H2,1-2H3. The lowest BCUT2D eigenvalue weighted by Crippen LogP contribution is -2.26. The number of para-hydroxylation sites is 1. The Hall–Kier alpha value is -3.17. The van der Waals surface area contributed by atoms with Gasteiger partial charge in [-0.2, -0.15) is 5.10 Å². The van der Waals surface area contributed by atoms with Crippen LogP contribution >= 0.6 is 11.3 Å². The zero-order valence-corrected chi connectivity index (χ0v) is 20.0. The van der Waals surface area contributed by atoms with Crippen molar-refractivity contribution in [3.8, 4) is 5.75 Å². The molecule has 33 heavy (non-hydrogen) atoms. The topological polar surface area (TPSA) is 88.1 Å². The zero-order valence-electron chi connectivity index (χ0n) is 18.4. The monoisotopic (exact) mass is 483 g/mol. The number of nitrogens with zero attached hydrogens (tertiary/aromatic N) is 2. The van der Waals surface area contributed by atoms with Crippen LogP contribution < -0.4 is 9.46 Å². The molecule has 1 unspecified atom stereocenters. The van der Waals surface area contributed by atoms with E-state index < -0.39 is 10.0 Å². The predicted octanol–water partition coefficient (Wildman–Crippen LogP) is 4.90. The molecule has 1 aliphatic heterocycles. The second-order valence-corrected chi connectivity index (χ2v) is 10.4. The number of nitrogens with one attached hydrogen (secondary N) is 1. The van der Waals surface area contributed by atoms with Crippen LogP contribution in [0.2, 0.25) is 0 Å². The number of benzene rings is 2. The molecule has 9 heteroatoms.